The molecule has 0 bridgehead atoms. The number of aromatic nitrogens is 5. The molecule has 0 saturated carbocycles. The third kappa shape index (κ3) is 2.04. The third-order valence-electron chi connectivity index (χ3n) is 2.61. The number of halogens is 3. The molecule has 20 heavy (non-hydrogen) atoms. The normalized spacial score (nSPS) is 12.2. The lowest BCUT2D eigenvalue weighted by molar-refractivity contribution is -0.139. The highest BCUT2D eigenvalue weighted by atomic mass is 19.4. The molecule has 0 aliphatic heterocycles. The molecule has 0 saturated heterocycles. The molecule has 3 aromatic rings. The SMILES string of the molecule is Nc1nonc1-c1nc2cnccc2n1CC(F)(F)F. The summed E-state index contributed by atoms with van der Waals surface area (Å²) in [6.07, 6.45) is -1.68. The van der Waals surface area contributed by atoms with Crippen molar-refractivity contribution in [2.24, 2.45) is 0 Å². The van der Waals surface area contributed by atoms with E-state index in [0.717, 1.165) is 4.57 Å². The number of nitrogens with two attached hydrogens (primary N) is 1. The number of alkyl halides is 3. The number of hydrogen-bond donors (Lipinski definition) is 1. The van der Waals surface area contributed by atoms with Gasteiger partial charge in [0.15, 0.2) is 17.3 Å². The van der Waals surface area contributed by atoms with Gasteiger partial charge in [-0.2, -0.15) is 13.2 Å². The van der Waals surface area contributed by atoms with E-state index in [1.54, 1.807) is 0 Å². The second-order valence-electron chi connectivity index (χ2n) is 4.00. The van der Waals surface area contributed by atoms with Crippen LogP contribution >= 0.6 is 0 Å². The number of pyridine rings is 1. The van der Waals surface area contributed by atoms with Crippen molar-refractivity contribution < 1.29 is 17.8 Å². The second-order valence-corrected chi connectivity index (χ2v) is 4.00. The lowest BCUT2D eigenvalue weighted by atomic mass is 10.4. The van der Waals surface area contributed by atoms with Gasteiger partial charge in [-0.15, -0.1) is 0 Å². The van der Waals surface area contributed by atoms with Crippen LogP contribution in [0.2, 0.25) is 0 Å². The molecule has 7 nitrogen and oxygen atoms in total. The average Bonchev–Trinajstić information content (AvgIpc) is 2.92. The number of anilines is 1. The Kier molecular flexibility index (Phi) is 2.59. The Morgan fingerprint density at radius 1 is 1.30 bits per heavy atom. The fourth-order valence-electron chi connectivity index (χ4n) is 1.85. The smallest absolute Gasteiger partial charge is 0.379 e. The van der Waals surface area contributed by atoms with Crippen LogP contribution in [-0.2, 0) is 6.54 Å². The minimum atomic E-state index is -4.42. The summed E-state index contributed by atoms with van der Waals surface area (Å²) in [6, 6.07) is 1.43. The van der Waals surface area contributed by atoms with Crippen LogP contribution in [0.15, 0.2) is 23.1 Å². The van der Waals surface area contributed by atoms with Gasteiger partial charge in [0, 0.05) is 6.20 Å². The average molecular weight is 284 g/mol. The lowest BCUT2D eigenvalue weighted by Crippen LogP contribution is -2.18. The second kappa shape index (κ2) is 4.18. The van der Waals surface area contributed by atoms with E-state index in [1.165, 1.54) is 18.5 Å². The van der Waals surface area contributed by atoms with Crippen LogP contribution in [0.4, 0.5) is 19.0 Å². The zero-order chi connectivity index (χ0) is 14.3. The van der Waals surface area contributed by atoms with E-state index in [4.69, 9.17) is 5.73 Å². The van der Waals surface area contributed by atoms with E-state index in [0.29, 0.717) is 5.52 Å². The molecule has 3 rings (SSSR count). The van der Waals surface area contributed by atoms with Crippen LogP contribution in [0.1, 0.15) is 0 Å². The third-order valence-corrected chi connectivity index (χ3v) is 2.61. The van der Waals surface area contributed by atoms with Crippen LogP contribution in [0, 0.1) is 0 Å². The topological polar surface area (TPSA) is 95.7 Å². The van der Waals surface area contributed by atoms with Gasteiger partial charge >= 0.3 is 6.18 Å². The van der Waals surface area contributed by atoms with Gasteiger partial charge in [-0.25, -0.2) is 9.61 Å². The monoisotopic (exact) mass is 284 g/mol. The Morgan fingerprint density at radius 2 is 2.10 bits per heavy atom. The number of nitrogen functional groups attached to an aromatic ring is 1. The summed E-state index contributed by atoms with van der Waals surface area (Å²) in [7, 11) is 0. The van der Waals surface area contributed by atoms with E-state index < -0.39 is 12.7 Å². The molecule has 0 aromatic carbocycles. The summed E-state index contributed by atoms with van der Waals surface area (Å²) in [5.41, 5.74) is 6.05. The summed E-state index contributed by atoms with van der Waals surface area (Å²) in [5.74, 6) is -0.194. The van der Waals surface area contributed by atoms with Crippen molar-refractivity contribution >= 4 is 16.9 Å². The van der Waals surface area contributed by atoms with Crippen molar-refractivity contribution in [2.75, 3.05) is 5.73 Å². The van der Waals surface area contributed by atoms with Crippen LogP contribution < -0.4 is 5.73 Å². The largest absolute Gasteiger partial charge is 0.406 e. The number of imidazole rings is 1. The molecule has 3 heterocycles. The van der Waals surface area contributed by atoms with Gasteiger partial charge in [-0.3, -0.25) is 4.98 Å². The van der Waals surface area contributed by atoms with Crippen molar-refractivity contribution in [3.8, 4) is 11.5 Å². The van der Waals surface area contributed by atoms with Crippen LogP contribution in [0.3, 0.4) is 0 Å². The minimum absolute atomic E-state index is 0.0366. The van der Waals surface area contributed by atoms with Crippen LogP contribution in [0.5, 0.6) is 0 Å². The van der Waals surface area contributed by atoms with Crippen molar-refractivity contribution in [3.05, 3.63) is 18.5 Å². The predicted molar refractivity (Wildman–Crippen MR) is 61.3 cm³/mol. The molecule has 0 atom stereocenters. The molecule has 0 aliphatic rings. The van der Waals surface area contributed by atoms with Gasteiger partial charge in [0.1, 0.15) is 12.1 Å². The zero-order valence-electron chi connectivity index (χ0n) is 9.79. The Bertz CT molecular complexity index is 762. The molecule has 0 spiro atoms. The summed E-state index contributed by atoms with van der Waals surface area (Å²) in [5, 5.41) is 6.83. The molecular formula is C10H7F3N6O. The summed E-state index contributed by atoms with van der Waals surface area (Å²) in [6.45, 7) is -1.23. The number of fused-ring (bicyclic) bond motifs is 1. The molecule has 0 aliphatic carbocycles. The maximum absolute atomic E-state index is 12.7. The predicted octanol–water partition coefficient (Wildman–Crippen LogP) is 1.63. The number of rotatable bonds is 2. The maximum Gasteiger partial charge on any atom is 0.406 e. The summed E-state index contributed by atoms with van der Waals surface area (Å²) in [4.78, 5) is 7.88. The summed E-state index contributed by atoms with van der Waals surface area (Å²) >= 11 is 0. The van der Waals surface area contributed by atoms with E-state index in [9.17, 15) is 13.2 Å². The zero-order valence-corrected chi connectivity index (χ0v) is 9.79. The Morgan fingerprint density at radius 3 is 2.75 bits per heavy atom. The molecule has 0 fully saturated rings. The molecule has 0 unspecified atom stereocenters. The van der Waals surface area contributed by atoms with Crippen molar-refractivity contribution in [1.82, 2.24) is 24.8 Å². The van der Waals surface area contributed by atoms with Crippen molar-refractivity contribution in [3.63, 3.8) is 0 Å². The Labute approximate surface area is 109 Å². The van der Waals surface area contributed by atoms with Gasteiger partial charge in [-0.1, -0.05) is 0 Å². The Balaban J connectivity index is 2.25. The van der Waals surface area contributed by atoms with Crippen LogP contribution in [-0.4, -0.2) is 31.0 Å². The maximum atomic E-state index is 12.7. The number of nitrogens with zero attached hydrogens (tertiary/aromatic N) is 5. The molecule has 0 amide bonds. The van der Waals surface area contributed by atoms with Gasteiger partial charge in [0.25, 0.3) is 0 Å². The van der Waals surface area contributed by atoms with Crippen LogP contribution in [0.25, 0.3) is 22.6 Å². The fourth-order valence-corrected chi connectivity index (χ4v) is 1.85. The first-order valence-electron chi connectivity index (χ1n) is 5.41. The standard InChI is InChI=1S/C10H7F3N6O/c11-10(12,13)4-19-6-1-2-15-3-5(6)16-9(19)7-8(14)18-20-17-7/h1-3H,4H2,(H2,14,18). The summed E-state index contributed by atoms with van der Waals surface area (Å²) < 4.78 is 43.5. The first kappa shape index (κ1) is 12.4. The highest BCUT2D eigenvalue weighted by Gasteiger charge is 2.31. The van der Waals surface area contributed by atoms with Gasteiger partial charge in [0.05, 0.1) is 11.7 Å². The quantitative estimate of drug-likeness (QED) is 0.768. The molecule has 104 valence electrons. The van der Waals surface area contributed by atoms with E-state index in [2.05, 4.69) is 24.9 Å². The van der Waals surface area contributed by atoms with E-state index in [-0.39, 0.29) is 22.9 Å². The first-order valence-corrected chi connectivity index (χ1v) is 5.41. The number of hydrogen-bond acceptors (Lipinski definition) is 6. The Hall–Kier alpha value is -2.65. The fraction of sp³-hybridized carbons (Fsp3) is 0.200. The highest BCUT2D eigenvalue weighted by molar-refractivity contribution is 5.80. The lowest BCUT2D eigenvalue weighted by Gasteiger charge is -2.10. The molecular weight excluding hydrogens is 277 g/mol. The highest BCUT2D eigenvalue weighted by Crippen LogP contribution is 2.29. The van der Waals surface area contributed by atoms with Gasteiger partial charge in [-0.05, 0) is 16.4 Å². The van der Waals surface area contributed by atoms with Gasteiger partial charge < -0.3 is 10.3 Å². The minimum Gasteiger partial charge on any atom is -0.379 e. The van der Waals surface area contributed by atoms with Crippen molar-refractivity contribution in [1.29, 1.82) is 0 Å². The van der Waals surface area contributed by atoms with Crippen molar-refractivity contribution in [2.45, 2.75) is 12.7 Å². The molecule has 10 heteroatoms. The molecule has 3 aromatic heterocycles. The van der Waals surface area contributed by atoms with E-state index >= 15 is 0 Å². The molecule has 2 N–H and O–H groups in total. The molecule has 0 radical (unpaired) electrons. The van der Waals surface area contributed by atoms with Gasteiger partial charge in [0.2, 0.25) is 0 Å². The van der Waals surface area contributed by atoms with E-state index in [1.807, 2.05) is 0 Å². The first-order chi connectivity index (χ1) is 9.46.